The van der Waals surface area contributed by atoms with Crippen LogP contribution in [-0.2, 0) is 10.0 Å². The summed E-state index contributed by atoms with van der Waals surface area (Å²) in [5.74, 6) is 0.676. The van der Waals surface area contributed by atoms with Gasteiger partial charge in [-0.2, -0.15) is 0 Å². The highest BCUT2D eigenvalue weighted by atomic mass is 35.5. The summed E-state index contributed by atoms with van der Waals surface area (Å²) in [7, 11) is -3.07. The fraction of sp³-hybridized carbons (Fsp3) is 1.00. The largest absolute Gasteiger partial charge is 0.214 e. The highest BCUT2D eigenvalue weighted by Crippen LogP contribution is 2.29. The van der Waals surface area contributed by atoms with Crippen LogP contribution in [0.1, 0.15) is 32.6 Å². The standard InChI is InChI=1S/C9H18ClNO2S/c1-2-3-9(10)6-11-14(12,13)7-8-4-5-8/h8-9,11H,2-7H2,1H3. The van der Waals surface area contributed by atoms with Crippen molar-refractivity contribution in [3.63, 3.8) is 0 Å². The van der Waals surface area contributed by atoms with Gasteiger partial charge in [0.05, 0.1) is 5.75 Å². The number of hydrogen-bond acceptors (Lipinski definition) is 2. The van der Waals surface area contributed by atoms with Crippen LogP contribution in [0.25, 0.3) is 0 Å². The summed E-state index contributed by atoms with van der Waals surface area (Å²) in [5.41, 5.74) is 0. The number of rotatable bonds is 7. The van der Waals surface area contributed by atoms with Gasteiger partial charge >= 0.3 is 0 Å². The number of alkyl halides is 1. The first-order valence-electron chi connectivity index (χ1n) is 5.15. The minimum Gasteiger partial charge on any atom is -0.214 e. The maximum atomic E-state index is 11.4. The molecule has 3 nitrogen and oxygen atoms in total. The molecule has 0 amide bonds. The van der Waals surface area contributed by atoms with Crippen LogP contribution in [0, 0.1) is 5.92 Å². The lowest BCUT2D eigenvalue weighted by Gasteiger charge is -2.09. The molecule has 0 radical (unpaired) electrons. The first kappa shape index (κ1) is 12.3. The first-order chi connectivity index (χ1) is 6.53. The van der Waals surface area contributed by atoms with Crippen molar-refractivity contribution >= 4 is 21.6 Å². The summed E-state index contributed by atoms with van der Waals surface area (Å²) in [5, 5.41) is -0.0750. The van der Waals surface area contributed by atoms with Gasteiger partial charge in [-0.05, 0) is 25.2 Å². The number of halogens is 1. The van der Waals surface area contributed by atoms with Crippen molar-refractivity contribution < 1.29 is 8.42 Å². The van der Waals surface area contributed by atoms with Crippen LogP contribution in [0.5, 0.6) is 0 Å². The average molecular weight is 240 g/mol. The van der Waals surface area contributed by atoms with Gasteiger partial charge in [-0.1, -0.05) is 13.3 Å². The van der Waals surface area contributed by atoms with Crippen LogP contribution in [0.2, 0.25) is 0 Å². The number of sulfonamides is 1. The fourth-order valence-corrected chi connectivity index (χ4v) is 3.20. The van der Waals surface area contributed by atoms with Gasteiger partial charge in [-0.3, -0.25) is 0 Å². The molecule has 0 spiro atoms. The predicted molar refractivity (Wildman–Crippen MR) is 59.1 cm³/mol. The minimum absolute atomic E-state index is 0.0750. The summed E-state index contributed by atoms with van der Waals surface area (Å²) < 4.78 is 25.4. The average Bonchev–Trinajstić information content (AvgIpc) is 2.85. The zero-order valence-electron chi connectivity index (χ0n) is 8.50. The van der Waals surface area contributed by atoms with E-state index in [0.29, 0.717) is 12.5 Å². The minimum atomic E-state index is -3.07. The Bertz CT molecular complexity index is 262. The van der Waals surface area contributed by atoms with E-state index in [1.807, 2.05) is 6.92 Å². The Hall–Kier alpha value is 0.200. The molecule has 0 aromatic rings. The molecule has 1 aliphatic carbocycles. The Morgan fingerprint density at radius 2 is 2.14 bits per heavy atom. The Balaban J connectivity index is 2.20. The molecule has 0 aromatic heterocycles. The SMILES string of the molecule is CCCC(Cl)CNS(=O)(=O)CC1CC1. The van der Waals surface area contributed by atoms with Crippen molar-refractivity contribution in [1.82, 2.24) is 4.72 Å². The van der Waals surface area contributed by atoms with E-state index in [-0.39, 0.29) is 11.1 Å². The Labute approximate surface area is 91.3 Å². The predicted octanol–water partition coefficient (Wildman–Crippen LogP) is 1.72. The van der Waals surface area contributed by atoms with Crippen LogP contribution in [0.15, 0.2) is 0 Å². The molecule has 0 heterocycles. The topological polar surface area (TPSA) is 46.2 Å². The summed E-state index contributed by atoms with van der Waals surface area (Å²) in [6.07, 6.45) is 3.95. The Morgan fingerprint density at radius 3 is 2.64 bits per heavy atom. The van der Waals surface area contributed by atoms with Crippen molar-refractivity contribution in [2.75, 3.05) is 12.3 Å². The second-order valence-electron chi connectivity index (χ2n) is 3.96. The molecule has 84 valence electrons. The van der Waals surface area contributed by atoms with Gasteiger partial charge in [-0.15, -0.1) is 11.6 Å². The highest BCUT2D eigenvalue weighted by molar-refractivity contribution is 7.89. The van der Waals surface area contributed by atoms with Gasteiger partial charge < -0.3 is 0 Å². The molecule has 1 fully saturated rings. The molecular formula is C9H18ClNO2S. The summed E-state index contributed by atoms with van der Waals surface area (Å²) in [6, 6.07) is 0. The molecular weight excluding hydrogens is 222 g/mol. The lowest BCUT2D eigenvalue weighted by molar-refractivity contribution is 0.573. The smallest absolute Gasteiger partial charge is 0.211 e. The van der Waals surface area contributed by atoms with E-state index in [9.17, 15) is 8.42 Å². The van der Waals surface area contributed by atoms with Gasteiger partial charge in [0, 0.05) is 11.9 Å². The molecule has 5 heteroatoms. The Kier molecular flexibility index (Phi) is 4.67. The number of nitrogens with one attached hydrogen (secondary N) is 1. The first-order valence-corrected chi connectivity index (χ1v) is 7.23. The Morgan fingerprint density at radius 1 is 1.50 bits per heavy atom. The third-order valence-corrected chi connectivity index (χ3v) is 4.17. The maximum absolute atomic E-state index is 11.4. The van der Waals surface area contributed by atoms with E-state index in [4.69, 9.17) is 11.6 Å². The van der Waals surface area contributed by atoms with E-state index in [2.05, 4.69) is 4.72 Å². The number of hydrogen-bond donors (Lipinski definition) is 1. The zero-order chi connectivity index (χ0) is 10.6. The zero-order valence-corrected chi connectivity index (χ0v) is 10.1. The molecule has 0 bridgehead atoms. The normalized spacial score (nSPS) is 19.6. The van der Waals surface area contributed by atoms with E-state index >= 15 is 0 Å². The molecule has 0 saturated heterocycles. The molecule has 1 aliphatic rings. The molecule has 14 heavy (non-hydrogen) atoms. The van der Waals surface area contributed by atoms with Crippen LogP contribution >= 0.6 is 11.6 Å². The van der Waals surface area contributed by atoms with Crippen LogP contribution < -0.4 is 4.72 Å². The molecule has 0 aromatic carbocycles. The van der Waals surface area contributed by atoms with Gasteiger partial charge in [0.25, 0.3) is 0 Å². The van der Waals surface area contributed by atoms with Crippen LogP contribution in [0.3, 0.4) is 0 Å². The van der Waals surface area contributed by atoms with Gasteiger partial charge in [0.2, 0.25) is 10.0 Å². The van der Waals surface area contributed by atoms with Crippen molar-refractivity contribution in [2.24, 2.45) is 5.92 Å². The summed E-state index contributed by atoms with van der Waals surface area (Å²) in [6.45, 7) is 2.40. The molecule has 1 N–H and O–H groups in total. The lowest BCUT2D eigenvalue weighted by Crippen LogP contribution is -2.32. The fourth-order valence-electron chi connectivity index (χ4n) is 1.29. The van der Waals surface area contributed by atoms with Gasteiger partial charge in [-0.25, -0.2) is 13.1 Å². The molecule has 1 saturated carbocycles. The van der Waals surface area contributed by atoms with E-state index < -0.39 is 10.0 Å². The molecule has 1 unspecified atom stereocenters. The lowest BCUT2D eigenvalue weighted by atomic mass is 10.2. The van der Waals surface area contributed by atoms with Crippen LogP contribution in [0.4, 0.5) is 0 Å². The van der Waals surface area contributed by atoms with Crippen molar-refractivity contribution in [2.45, 2.75) is 38.0 Å². The second-order valence-corrected chi connectivity index (χ2v) is 6.43. The second kappa shape index (κ2) is 5.33. The third kappa shape index (κ3) is 5.17. The van der Waals surface area contributed by atoms with Crippen molar-refractivity contribution in [1.29, 1.82) is 0 Å². The van der Waals surface area contributed by atoms with E-state index in [1.54, 1.807) is 0 Å². The van der Waals surface area contributed by atoms with Gasteiger partial charge in [0.15, 0.2) is 0 Å². The van der Waals surface area contributed by atoms with E-state index in [0.717, 1.165) is 25.7 Å². The van der Waals surface area contributed by atoms with Crippen molar-refractivity contribution in [3.05, 3.63) is 0 Å². The summed E-state index contributed by atoms with van der Waals surface area (Å²) in [4.78, 5) is 0. The third-order valence-electron chi connectivity index (χ3n) is 2.28. The maximum Gasteiger partial charge on any atom is 0.211 e. The molecule has 1 atom stereocenters. The highest BCUT2D eigenvalue weighted by Gasteiger charge is 2.27. The van der Waals surface area contributed by atoms with E-state index in [1.165, 1.54) is 0 Å². The van der Waals surface area contributed by atoms with Gasteiger partial charge in [0.1, 0.15) is 0 Å². The molecule has 1 rings (SSSR count). The quantitative estimate of drug-likeness (QED) is 0.688. The molecule has 0 aliphatic heterocycles. The van der Waals surface area contributed by atoms with Crippen LogP contribution in [-0.4, -0.2) is 26.1 Å². The summed E-state index contributed by atoms with van der Waals surface area (Å²) >= 11 is 5.91. The monoisotopic (exact) mass is 239 g/mol. The van der Waals surface area contributed by atoms with Crippen molar-refractivity contribution in [3.8, 4) is 0 Å².